The fourth-order valence-corrected chi connectivity index (χ4v) is 9.49. The molecule has 0 unspecified atom stereocenters. The number of hydrogen-bond donors (Lipinski definition) is 0. The normalized spacial score (nSPS) is 11.3. The van der Waals surface area contributed by atoms with Crippen LogP contribution in [0, 0.1) is 11.3 Å². The van der Waals surface area contributed by atoms with Crippen LogP contribution in [0.25, 0.3) is 110 Å². The summed E-state index contributed by atoms with van der Waals surface area (Å²) in [7, 11) is 0. The van der Waals surface area contributed by atoms with Crippen molar-refractivity contribution in [3.05, 3.63) is 212 Å². The summed E-state index contributed by atoms with van der Waals surface area (Å²) in [5, 5.41) is 14.5. The van der Waals surface area contributed by atoms with Gasteiger partial charge < -0.3 is 0 Å². The molecule has 9 aromatic carbocycles. The third-order valence-electron chi connectivity index (χ3n) is 11.3. The predicted molar refractivity (Wildman–Crippen MR) is 253 cm³/mol. The molecule has 61 heavy (non-hydrogen) atoms. The lowest BCUT2D eigenvalue weighted by molar-refractivity contribution is 1.07. The van der Waals surface area contributed by atoms with Crippen molar-refractivity contribution in [1.29, 1.82) is 5.26 Å². The molecule has 0 saturated heterocycles. The molecule has 2 heterocycles. The average molecular weight is 795 g/mol. The zero-order chi connectivity index (χ0) is 40.7. The summed E-state index contributed by atoms with van der Waals surface area (Å²) >= 11 is 1.81. The number of nitrogens with zero attached hydrogens (tertiary/aromatic N) is 4. The lowest BCUT2D eigenvalue weighted by atomic mass is 9.93. The maximum absolute atomic E-state index is 9.51. The summed E-state index contributed by atoms with van der Waals surface area (Å²) < 4.78 is 2.47. The van der Waals surface area contributed by atoms with Crippen molar-refractivity contribution in [1.82, 2.24) is 15.0 Å². The van der Waals surface area contributed by atoms with Gasteiger partial charge in [-0.2, -0.15) is 5.26 Å². The second kappa shape index (κ2) is 15.3. The van der Waals surface area contributed by atoms with Crippen LogP contribution in [0.2, 0.25) is 0 Å². The molecule has 0 N–H and O–H groups in total. The van der Waals surface area contributed by atoms with Crippen LogP contribution in [0.5, 0.6) is 0 Å². The molecule has 11 aromatic rings. The zero-order valence-electron chi connectivity index (χ0n) is 32.8. The second-order valence-electron chi connectivity index (χ2n) is 15.2. The lowest BCUT2D eigenvalue weighted by Crippen LogP contribution is -2.00. The number of rotatable bonds is 7. The Morgan fingerprint density at radius 2 is 0.803 bits per heavy atom. The first-order valence-corrected chi connectivity index (χ1v) is 21.0. The summed E-state index contributed by atoms with van der Waals surface area (Å²) in [6, 6.07) is 74.1. The van der Waals surface area contributed by atoms with Crippen LogP contribution in [-0.2, 0) is 0 Å². The number of thiophene rings is 1. The summed E-state index contributed by atoms with van der Waals surface area (Å²) in [4.78, 5) is 15.5. The molecule has 0 aliphatic carbocycles. The molecule has 0 bridgehead atoms. The molecule has 0 spiro atoms. The quantitative estimate of drug-likeness (QED) is 0.161. The van der Waals surface area contributed by atoms with Gasteiger partial charge in [0.2, 0.25) is 0 Å². The van der Waals surface area contributed by atoms with Gasteiger partial charge in [-0.15, -0.1) is 11.3 Å². The fraction of sp³-hybridized carbons (Fsp3) is 0. The van der Waals surface area contributed by atoms with E-state index in [9.17, 15) is 5.26 Å². The van der Waals surface area contributed by atoms with Gasteiger partial charge in [0.25, 0.3) is 0 Å². The number of nitriles is 1. The number of hydrogen-bond acceptors (Lipinski definition) is 5. The third kappa shape index (κ3) is 6.91. The fourth-order valence-electron chi connectivity index (χ4n) is 8.21. The van der Waals surface area contributed by atoms with Crippen LogP contribution in [0.4, 0.5) is 0 Å². The van der Waals surface area contributed by atoms with Gasteiger partial charge >= 0.3 is 0 Å². The first-order chi connectivity index (χ1) is 30.1. The minimum absolute atomic E-state index is 0.586. The van der Waals surface area contributed by atoms with E-state index < -0.39 is 0 Å². The molecule has 0 aliphatic heterocycles. The van der Waals surface area contributed by atoms with Crippen molar-refractivity contribution in [2.45, 2.75) is 0 Å². The molecule has 0 radical (unpaired) electrons. The molecular formula is C56H34N4S. The lowest BCUT2D eigenvalue weighted by Gasteiger charge is -2.13. The van der Waals surface area contributed by atoms with Crippen molar-refractivity contribution >= 4 is 42.3 Å². The molecule has 0 amide bonds. The van der Waals surface area contributed by atoms with Crippen LogP contribution >= 0.6 is 11.3 Å². The highest BCUT2D eigenvalue weighted by molar-refractivity contribution is 7.26. The Balaban J connectivity index is 1.05. The van der Waals surface area contributed by atoms with Crippen molar-refractivity contribution in [3.8, 4) is 84.7 Å². The van der Waals surface area contributed by atoms with Crippen molar-refractivity contribution in [2.75, 3.05) is 0 Å². The smallest absolute Gasteiger partial charge is 0.164 e. The molecule has 2 aromatic heterocycles. The van der Waals surface area contributed by atoms with Crippen molar-refractivity contribution in [3.63, 3.8) is 0 Å². The van der Waals surface area contributed by atoms with Gasteiger partial charge in [0.05, 0.1) is 11.6 Å². The number of benzene rings is 9. The summed E-state index contributed by atoms with van der Waals surface area (Å²) in [5.74, 6) is 1.79. The molecular weight excluding hydrogens is 761 g/mol. The number of fused-ring (bicyclic) bond motifs is 5. The van der Waals surface area contributed by atoms with Crippen LogP contribution in [0.1, 0.15) is 5.56 Å². The molecule has 284 valence electrons. The largest absolute Gasteiger partial charge is 0.208 e. The Morgan fingerprint density at radius 1 is 0.328 bits per heavy atom. The van der Waals surface area contributed by atoms with Crippen LogP contribution in [0.3, 0.4) is 0 Å². The Hall–Kier alpha value is -8.04. The van der Waals surface area contributed by atoms with E-state index in [4.69, 9.17) is 15.0 Å². The molecule has 0 fully saturated rings. The van der Waals surface area contributed by atoms with E-state index in [0.29, 0.717) is 23.0 Å². The highest BCUT2D eigenvalue weighted by Crippen LogP contribution is 2.40. The van der Waals surface area contributed by atoms with Gasteiger partial charge in [-0.25, -0.2) is 15.0 Å². The highest BCUT2D eigenvalue weighted by atomic mass is 32.1. The minimum Gasteiger partial charge on any atom is -0.208 e. The van der Waals surface area contributed by atoms with E-state index in [1.807, 2.05) is 47.7 Å². The zero-order valence-corrected chi connectivity index (χ0v) is 33.6. The highest BCUT2D eigenvalue weighted by Gasteiger charge is 2.17. The summed E-state index contributed by atoms with van der Waals surface area (Å²) in [5.41, 5.74) is 12.1. The Kier molecular flexibility index (Phi) is 9.04. The van der Waals surface area contributed by atoms with Crippen LogP contribution in [0.15, 0.2) is 206 Å². The molecule has 11 rings (SSSR count). The van der Waals surface area contributed by atoms with E-state index in [1.54, 1.807) is 0 Å². The van der Waals surface area contributed by atoms with Crippen LogP contribution < -0.4 is 0 Å². The van der Waals surface area contributed by atoms with Gasteiger partial charge in [-0.05, 0) is 97.7 Å². The summed E-state index contributed by atoms with van der Waals surface area (Å²) in [6.45, 7) is 0. The predicted octanol–water partition coefficient (Wildman–Crippen LogP) is 14.9. The van der Waals surface area contributed by atoms with Gasteiger partial charge in [-0.3, -0.25) is 0 Å². The van der Waals surface area contributed by atoms with Gasteiger partial charge in [0, 0.05) is 36.9 Å². The van der Waals surface area contributed by atoms with Gasteiger partial charge in [-0.1, -0.05) is 164 Å². The minimum atomic E-state index is 0.586. The summed E-state index contributed by atoms with van der Waals surface area (Å²) in [6.07, 6.45) is 0. The standard InChI is InChI=1S/C56H34N4S/c57-35-36-11-9-17-42(29-36)39-21-23-41(24-22-39)54-58-55(60-56(59-54)45-26-27-50-51-28-25-40-16-7-8-20-49(40)53(51)61-52(50)34-45)44-19-10-18-43(30-44)48-32-46(37-12-3-1-4-13-37)31-47(33-48)38-14-5-2-6-15-38/h1-34H. The molecule has 0 saturated carbocycles. The Bertz CT molecular complexity index is 3420. The van der Waals surface area contributed by atoms with E-state index in [0.717, 1.165) is 61.2 Å². The molecule has 5 heteroatoms. The first-order valence-electron chi connectivity index (χ1n) is 20.2. The van der Waals surface area contributed by atoms with Crippen LogP contribution in [-0.4, -0.2) is 15.0 Å². The molecule has 0 atom stereocenters. The van der Waals surface area contributed by atoms with Crippen molar-refractivity contribution < 1.29 is 0 Å². The maximum Gasteiger partial charge on any atom is 0.164 e. The monoisotopic (exact) mass is 794 g/mol. The third-order valence-corrected chi connectivity index (χ3v) is 12.5. The Labute approximate surface area is 357 Å². The van der Waals surface area contributed by atoms with E-state index in [-0.39, 0.29) is 0 Å². The first kappa shape index (κ1) is 36.1. The van der Waals surface area contributed by atoms with Crippen molar-refractivity contribution in [2.24, 2.45) is 0 Å². The average Bonchev–Trinajstić information content (AvgIpc) is 3.73. The molecule has 4 nitrogen and oxygen atoms in total. The Morgan fingerprint density at radius 3 is 1.49 bits per heavy atom. The number of aromatic nitrogens is 3. The second-order valence-corrected chi connectivity index (χ2v) is 16.2. The van der Waals surface area contributed by atoms with Gasteiger partial charge in [0.1, 0.15) is 0 Å². The van der Waals surface area contributed by atoms with E-state index in [1.165, 1.54) is 30.9 Å². The van der Waals surface area contributed by atoms with E-state index >= 15 is 0 Å². The SMILES string of the molecule is N#Cc1cccc(-c2ccc(-c3nc(-c4cccc(-c5cc(-c6ccccc6)cc(-c6ccccc6)c5)c4)nc(-c4ccc5c(c4)sc4c6ccccc6ccc54)n3)cc2)c1. The molecule has 0 aliphatic rings. The van der Waals surface area contributed by atoms with Gasteiger partial charge in [0.15, 0.2) is 17.5 Å². The van der Waals surface area contributed by atoms with E-state index in [2.05, 4.69) is 176 Å². The topological polar surface area (TPSA) is 62.5 Å². The maximum atomic E-state index is 9.51.